The Morgan fingerprint density at radius 1 is 1.32 bits per heavy atom. The van der Waals surface area contributed by atoms with Crippen molar-refractivity contribution in [3.63, 3.8) is 0 Å². The Morgan fingerprint density at radius 2 is 2.04 bits per heavy atom. The average Bonchev–Trinajstić information content (AvgIpc) is 3.02. The van der Waals surface area contributed by atoms with Gasteiger partial charge in [0.1, 0.15) is 5.82 Å². The number of amides is 2. The van der Waals surface area contributed by atoms with Crippen LogP contribution in [0.3, 0.4) is 0 Å². The first-order chi connectivity index (χ1) is 11.9. The van der Waals surface area contributed by atoms with Crippen molar-refractivity contribution < 1.29 is 22.7 Å². The number of halogens is 4. The minimum atomic E-state index is -4.53. The molecule has 6 nitrogen and oxygen atoms in total. The monoisotopic (exact) mass is 374 g/mol. The molecule has 0 unspecified atom stereocenters. The molecule has 1 aliphatic heterocycles. The first-order valence-corrected chi connectivity index (χ1v) is 7.78. The number of nitrogens with one attached hydrogen (secondary N) is 1. The molecule has 3 rings (SSSR count). The van der Waals surface area contributed by atoms with Gasteiger partial charge in [-0.3, -0.25) is 9.88 Å². The summed E-state index contributed by atoms with van der Waals surface area (Å²) in [6.45, 7) is 1.85. The van der Waals surface area contributed by atoms with E-state index < -0.39 is 11.7 Å². The van der Waals surface area contributed by atoms with E-state index in [9.17, 15) is 18.0 Å². The van der Waals surface area contributed by atoms with E-state index in [4.69, 9.17) is 16.3 Å². The molecule has 2 aromatic rings. The quantitative estimate of drug-likeness (QED) is 0.876. The lowest BCUT2D eigenvalue weighted by atomic mass is 10.3. The number of morpholine rings is 1. The van der Waals surface area contributed by atoms with Crippen molar-refractivity contribution in [3.05, 3.63) is 41.2 Å². The number of rotatable bonds is 2. The zero-order valence-corrected chi connectivity index (χ0v) is 13.6. The van der Waals surface area contributed by atoms with Gasteiger partial charge in [0.2, 0.25) is 0 Å². The van der Waals surface area contributed by atoms with Gasteiger partial charge in [0, 0.05) is 25.5 Å². The lowest BCUT2D eigenvalue weighted by Gasteiger charge is -2.27. The second kappa shape index (κ2) is 6.93. The highest BCUT2D eigenvalue weighted by molar-refractivity contribution is 6.32. The van der Waals surface area contributed by atoms with Crippen LogP contribution in [-0.4, -0.2) is 46.8 Å². The second-order valence-electron chi connectivity index (χ2n) is 5.32. The maximum Gasteiger partial charge on any atom is 0.417 e. The third kappa shape index (κ3) is 3.88. The summed E-state index contributed by atoms with van der Waals surface area (Å²) in [5.74, 6) is 0.447. The molecule has 1 saturated heterocycles. The van der Waals surface area contributed by atoms with E-state index in [0.29, 0.717) is 38.3 Å². The van der Waals surface area contributed by atoms with Crippen LogP contribution in [0.5, 0.6) is 0 Å². The summed E-state index contributed by atoms with van der Waals surface area (Å²) < 4.78 is 44.8. The van der Waals surface area contributed by atoms with Crippen LogP contribution < -0.4 is 5.32 Å². The molecule has 0 saturated carbocycles. The SMILES string of the molecule is O=C(Nc1cccn1-c1ncc(C(F)(F)F)cc1Cl)N1CCOCC1. The molecule has 2 aromatic heterocycles. The highest BCUT2D eigenvalue weighted by atomic mass is 35.5. The molecule has 0 aliphatic carbocycles. The van der Waals surface area contributed by atoms with Gasteiger partial charge in [-0.25, -0.2) is 9.78 Å². The molecule has 0 atom stereocenters. The Balaban J connectivity index is 1.83. The van der Waals surface area contributed by atoms with E-state index in [1.807, 2.05) is 0 Å². The maximum atomic E-state index is 12.7. The summed E-state index contributed by atoms with van der Waals surface area (Å²) in [6.07, 6.45) is -2.27. The fourth-order valence-corrected chi connectivity index (χ4v) is 2.64. The topological polar surface area (TPSA) is 59.4 Å². The summed E-state index contributed by atoms with van der Waals surface area (Å²) in [6, 6.07) is 3.71. The molecular formula is C15H14ClF3N4O2. The highest BCUT2D eigenvalue weighted by Crippen LogP contribution is 2.32. The van der Waals surface area contributed by atoms with Gasteiger partial charge >= 0.3 is 12.2 Å². The van der Waals surface area contributed by atoms with Crippen molar-refractivity contribution in [1.29, 1.82) is 0 Å². The maximum absolute atomic E-state index is 12.7. The molecule has 1 aliphatic rings. The van der Waals surface area contributed by atoms with Gasteiger partial charge in [0.05, 0.1) is 23.8 Å². The number of pyridine rings is 1. The Bertz CT molecular complexity index is 772. The average molecular weight is 375 g/mol. The molecule has 10 heteroatoms. The molecule has 2 amide bonds. The zero-order chi connectivity index (χ0) is 18.0. The number of carbonyl (C=O) groups is 1. The predicted molar refractivity (Wildman–Crippen MR) is 85.0 cm³/mol. The Labute approximate surface area is 146 Å². The minimum Gasteiger partial charge on any atom is -0.378 e. The van der Waals surface area contributed by atoms with Crippen molar-refractivity contribution in [1.82, 2.24) is 14.5 Å². The van der Waals surface area contributed by atoms with Gasteiger partial charge in [-0.2, -0.15) is 13.2 Å². The fraction of sp³-hybridized carbons (Fsp3) is 0.333. The lowest BCUT2D eigenvalue weighted by molar-refractivity contribution is -0.137. The van der Waals surface area contributed by atoms with E-state index in [-0.39, 0.29) is 16.9 Å². The van der Waals surface area contributed by atoms with Gasteiger partial charge in [0.25, 0.3) is 0 Å². The molecule has 1 fully saturated rings. The summed E-state index contributed by atoms with van der Waals surface area (Å²) in [5, 5.41) is 2.53. The zero-order valence-electron chi connectivity index (χ0n) is 12.9. The summed E-state index contributed by atoms with van der Waals surface area (Å²) in [4.78, 5) is 17.6. The van der Waals surface area contributed by atoms with Gasteiger partial charge in [-0.1, -0.05) is 11.6 Å². The van der Waals surface area contributed by atoms with Gasteiger partial charge in [-0.15, -0.1) is 0 Å². The Kier molecular flexibility index (Phi) is 4.87. The highest BCUT2D eigenvalue weighted by Gasteiger charge is 2.32. The molecule has 134 valence electrons. The normalized spacial score (nSPS) is 15.3. The van der Waals surface area contributed by atoms with Crippen LogP contribution in [0, 0.1) is 0 Å². The minimum absolute atomic E-state index is 0.0944. The van der Waals surface area contributed by atoms with Crippen LogP contribution in [0.2, 0.25) is 5.02 Å². The molecule has 0 aromatic carbocycles. The van der Waals surface area contributed by atoms with E-state index in [1.54, 1.807) is 23.2 Å². The van der Waals surface area contributed by atoms with Crippen molar-refractivity contribution in [2.24, 2.45) is 0 Å². The van der Waals surface area contributed by atoms with E-state index in [0.717, 1.165) is 6.07 Å². The number of hydrogen-bond donors (Lipinski definition) is 1. The number of urea groups is 1. The number of aromatic nitrogens is 2. The molecule has 25 heavy (non-hydrogen) atoms. The number of ether oxygens (including phenoxy) is 1. The largest absolute Gasteiger partial charge is 0.417 e. The van der Waals surface area contributed by atoms with E-state index in [1.165, 1.54) is 4.57 Å². The van der Waals surface area contributed by atoms with Crippen molar-refractivity contribution in [3.8, 4) is 5.82 Å². The summed E-state index contributed by atoms with van der Waals surface area (Å²) in [5.41, 5.74) is -0.938. The first-order valence-electron chi connectivity index (χ1n) is 7.40. The van der Waals surface area contributed by atoms with Crippen LogP contribution in [-0.2, 0) is 10.9 Å². The molecule has 3 heterocycles. The summed E-state index contributed by atoms with van der Waals surface area (Å²) in [7, 11) is 0. The smallest absolute Gasteiger partial charge is 0.378 e. The third-order valence-corrected chi connectivity index (χ3v) is 3.94. The van der Waals surface area contributed by atoms with Gasteiger partial charge in [-0.05, 0) is 18.2 Å². The van der Waals surface area contributed by atoms with Crippen LogP contribution in [0.1, 0.15) is 5.56 Å². The van der Waals surface area contributed by atoms with Crippen LogP contribution in [0.4, 0.5) is 23.8 Å². The standard InChI is InChI=1S/C15H14ClF3N4O2/c16-11-8-10(15(17,18)19)9-20-13(11)23-3-1-2-12(23)21-14(24)22-4-6-25-7-5-22/h1-3,8-9H,4-7H2,(H,21,24). The van der Waals surface area contributed by atoms with Crippen molar-refractivity contribution in [2.45, 2.75) is 6.18 Å². The number of carbonyl (C=O) groups excluding carboxylic acids is 1. The lowest BCUT2D eigenvalue weighted by Crippen LogP contribution is -2.43. The van der Waals surface area contributed by atoms with E-state index >= 15 is 0 Å². The number of anilines is 1. The van der Waals surface area contributed by atoms with Crippen LogP contribution in [0.15, 0.2) is 30.6 Å². The van der Waals surface area contributed by atoms with Crippen molar-refractivity contribution in [2.75, 3.05) is 31.6 Å². The summed E-state index contributed by atoms with van der Waals surface area (Å²) >= 11 is 5.96. The van der Waals surface area contributed by atoms with Gasteiger partial charge < -0.3 is 9.64 Å². The molecule has 0 radical (unpaired) electrons. The Morgan fingerprint density at radius 3 is 2.68 bits per heavy atom. The van der Waals surface area contributed by atoms with Gasteiger partial charge in [0.15, 0.2) is 5.82 Å². The number of hydrogen-bond acceptors (Lipinski definition) is 3. The second-order valence-corrected chi connectivity index (χ2v) is 5.73. The van der Waals surface area contributed by atoms with E-state index in [2.05, 4.69) is 10.3 Å². The molecule has 0 bridgehead atoms. The molecule has 0 spiro atoms. The first kappa shape index (κ1) is 17.6. The number of alkyl halides is 3. The van der Waals surface area contributed by atoms with Crippen LogP contribution in [0.25, 0.3) is 5.82 Å². The Hall–Kier alpha value is -2.26. The van der Waals surface area contributed by atoms with Crippen LogP contribution >= 0.6 is 11.6 Å². The number of nitrogens with zero attached hydrogens (tertiary/aromatic N) is 3. The molecule has 1 N–H and O–H groups in total. The molecular weight excluding hydrogens is 361 g/mol. The third-order valence-electron chi connectivity index (χ3n) is 3.66. The van der Waals surface area contributed by atoms with Crippen molar-refractivity contribution >= 4 is 23.4 Å². The predicted octanol–water partition coefficient (Wildman–Crippen LogP) is 3.41. The fourth-order valence-electron chi connectivity index (χ4n) is 2.39.